The Balaban J connectivity index is 2.28. The maximum absolute atomic E-state index is 8.97. The Kier molecular flexibility index (Phi) is 3.92. The van der Waals surface area contributed by atoms with Crippen LogP contribution in [-0.4, -0.2) is 23.8 Å². The van der Waals surface area contributed by atoms with E-state index in [2.05, 4.69) is 5.32 Å². The third kappa shape index (κ3) is 3.77. The standard InChI is InChI=1S/C11H17NO2/c1-11(2,9-13)12-7-3-5-10-6-4-8-14-10/h3-6,8,12-13H,7,9H2,1-2H3/b5-3+. The lowest BCUT2D eigenvalue weighted by molar-refractivity contribution is 0.193. The van der Waals surface area contributed by atoms with Crippen LogP contribution in [0.15, 0.2) is 28.9 Å². The molecule has 0 aliphatic heterocycles. The fourth-order valence-corrected chi connectivity index (χ4v) is 0.952. The van der Waals surface area contributed by atoms with Crippen LogP contribution in [0.3, 0.4) is 0 Å². The van der Waals surface area contributed by atoms with Gasteiger partial charge >= 0.3 is 0 Å². The molecular weight excluding hydrogens is 178 g/mol. The molecule has 0 aromatic carbocycles. The Hall–Kier alpha value is -1.06. The summed E-state index contributed by atoms with van der Waals surface area (Å²) in [5.41, 5.74) is -0.229. The summed E-state index contributed by atoms with van der Waals surface area (Å²) < 4.78 is 5.13. The normalized spacial score (nSPS) is 12.5. The number of aliphatic hydroxyl groups excluding tert-OH is 1. The van der Waals surface area contributed by atoms with Crippen LogP contribution >= 0.6 is 0 Å². The molecule has 0 radical (unpaired) electrons. The van der Waals surface area contributed by atoms with Crippen molar-refractivity contribution in [1.82, 2.24) is 5.32 Å². The minimum Gasteiger partial charge on any atom is -0.465 e. The highest BCUT2D eigenvalue weighted by atomic mass is 16.3. The highest BCUT2D eigenvalue weighted by molar-refractivity contribution is 5.42. The molecule has 2 N–H and O–H groups in total. The van der Waals surface area contributed by atoms with Crippen LogP contribution in [-0.2, 0) is 0 Å². The molecule has 1 aromatic heterocycles. The van der Waals surface area contributed by atoms with Crippen molar-refractivity contribution in [2.24, 2.45) is 0 Å². The predicted octanol–water partition coefficient (Wildman–Crippen LogP) is 1.65. The number of furan rings is 1. The van der Waals surface area contributed by atoms with Gasteiger partial charge in [-0.3, -0.25) is 0 Å². The first-order chi connectivity index (χ1) is 6.64. The van der Waals surface area contributed by atoms with Gasteiger partial charge in [0.2, 0.25) is 0 Å². The molecule has 14 heavy (non-hydrogen) atoms. The number of hydrogen-bond acceptors (Lipinski definition) is 3. The van der Waals surface area contributed by atoms with E-state index in [9.17, 15) is 0 Å². The summed E-state index contributed by atoms with van der Waals surface area (Å²) in [5, 5.41) is 12.2. The van der Waals surface area contributed by atoms with Gasteiger partial charge in [0, 0.05) is 12.1 Å². The first-order valence-electron chi connectivity index (χ1n) is 4.70. The molecule has 3 nitrogen and oxygen atoms in total. The van der Waals surface area contributed by atoms with Gasteiger partial charge in [0.15, 0.2) is 0 Å². The van der Waals surface area contributed by atoms with Gasteiger partial charge in [0.1, 0.15) is 5.76 Å². The lowest BCUT2D eigenvalue weighted by Crippen LogP contribution is -2.42. The highest BCUT2D eigenvalue weighted by Crippen LogP contribution is 2.02. The monoisotopic (exact) mass is 195 g/mol. The number of aliphatic hydroxyl groups is 1. The van der Waals surface area contributed by atoms with Crippen molar-refractivity contribution >= 4 is 6.08 Å². The molecule has 0 bridgehead atoms. The number of rotatable bonds is 5. The molecular formula is C11H17NO2. The van der Waals surface area contributed by atoms with Crippen LogP contribution in [0.4, 0.5) is 0 Å². The van der Waals surface area contributed by atoms with Crippen LogP contribution in [0, 0.1) is 0 Å². The third-order valence-corrected chi connectivity index (χ3v) is 1.92. The average Bonchev–Trinajstić information content (AvgIpc) is 2.65. The third-order valence-electron chi connectivity index (χ3n) is 1.92. The minimum absolute atomic E-state index is 0.127. The van der Waals surface area contributed by atoms with Crippen molar-refractivity contribution in [3.63, 3.8) is 0 Å². The SMILES string of the molecule is CC(C)(CO)NC/C=C/c1ccco1. The van der Waals surface area contributed by atoms with Crippen LogP contribution < -0.4 is 5.32 Å². The Bertz CT molecular complexity index is 275. The second-order valence-corrected chi connectivity index (χ2v) is 3.84. The molecule has 1 heterocycles. The van der Waals surface area contributed by atoms with E-state index in [0.717, 1.165) is 5.76 Å². The molecule has 1 rings (SSSR count). The summed E-state index contributed by atoms with van der Waals surface area (Å²) >= 11 is 0. The van der Waals surface area contributed by atoms with Gasteiger partial charge in [-0.25, -0.2) is 0 Å². The Morgan fingerprint density at radius 3 is 2.93 bits per heavy atom. The van der Waals surface area contributed by atoms with Gasteiger partial charge in [-0.05, 0) is 32.1 Å². The van der Waals surface area contributed by atoms with E-state index >= 15 is 0 Å². The van der Waals surface area contributed by atoms with Crippen molar-refractivity contribution in [2.45, 2.75) is 19.4 Å². The van der Waals surface area contributed by atoms with Crippen LogP contribution in [0.25, 0.3) is 6.08 Å². The predicted molar refractivity (Wildman–Crippen MR) is 56.9 cm³/mol. The highest BCUT2D eigenvalue weighted by Gasteiger charge is 2.13. The maximum atomic E-state index is 8.97. The molecule has 78 valence electrons. The zero-order chi connectivity index (χ0) is 10.4. The molecule has 1 aromatic rings. The largest absolute Gasteiger partial charge is 0.465 e. The van der Waals surface area contributed by atoms with E-state index in [1.165, 1.54) is 0 Å². The Morgan fingerprint density at radius 1 is 1.57 bits per heavy atom. The molecule has 0 saturated heterocycles. The molecule has 0 saturated carbocycles. The van der Waals surface area contributed by atoms with E-state index in [1.54, 1.807) is 6.26 Å². The van der Waals surface area contributed by atoms with Gasteiger partial charge in [-0.1, -0.05) is 6.08 Å². The van der Waals surface area contributed by atoms with Crippen molar-refractivity contribution in [3.05, 3.63) is 30.2 Å². The van der Waals surface area contributed by atoms with Gasteiger partial charge < -0.3 is 14.8 Å². The van der Waals surface area contributed by atoms with E-state index < -0.39 is 0 Å². The lowest BCUT2D eigenvalue weighted by atomic mass is 10.1. The van der Waals surface area contributed by atoms with Gasteiger partial charge in [-0.2, -0.15) is 0 Å². The second-order valence-electron chi connectivity index (χ2n) is 3.84. The summed E-state index contributed by atoms with van der Waals surface area (Å²) in [4.78, 5) is 0. The van der Waals surface area contributed by atoms with Crippen molar-refractivity contribution in [1.29, 1.82) is 0 Å². The topological polar surface area (TPSA) is 45.4 Å². The summed E-state index contributed by atoms with van der Waals surface area (Å²) in [7, 11) is 0. The van der Waals surface area contributed by atoms with Crippen molar-refractivity contribution in [2.75, 3.05) is 13.2 Å². The molecule has 0 atom stereocenters. The smallest absolute Gasteiger partial charge is 0.126 e. The average molecular weight is 195 g/mol. The zero-order valence-electron chi connectivity index (χ0n) is 8.66. The Morgan fingerprint density at radius 2 is 2.36 bits per heavy atom. The first-order valence-corrected chi connectivity index (χ1v) is 4.70. The molecule has 0 aliphatic rings. The minimum atomic E-state index is -0.229. The van der Waals surface area contributed by atoms with Gasteiger partial charge in [0.25, 0.3) is 0 Å². The van der Waals surface area contributed by atoms with Crippen LogP contribution in [0.1, 0.15) is 19.6 Å². The lowest BCUT2D eigenvalue weighted by Gasteiger charge is -2.22. The molecule has 0 aliphatic carbocycles. The van der Waals surface area contributed by atoms with E-state index in [1.807, 2.05) is 38.1 Å². The summed E-state index contributed by atoms with van der Waals surface area (Å²) in [5.74, 6) is 0.841. The molecule has 0 unspecified atom stereocenters. The van der Waals surface area contributed by atoms with Gasteiger partial charge in [-0.15, -0.1) is 0 Å². The molecule has 0 fully saturated rings. The Labute approximate surface area is 84.4 Å². The second kappa shape index (κ2) is 4.98. The summed E-state index contributed by atoms with van der Waals surface area (Å²) in [6.45, 7) is 4.75. The van der Waals surface area contributed by atoms with E-state index in [0.29, 0.717) is 6.54 Å². The number of nitrogens with one attached hydrogen (secondary N) is 1. The fraction of sp³-hybridized carbons (Fsp3) is 0.455. The van der Waals surface area contributed by atoms with Gasteiger partial charge in [0.05, 0.1) is 12.9 Å². The molecule has 3 heteroatoms. The van der Waals surface area contributed by atoms with Crippen LogP contribution in [0.5, 0.6) is 0 Å². The zero-order valence-corrected chi connectivity index (χ0v) is 8.66. The van der Waals surface area contributed by atoms with Crippen molar-refractivity contribution < 1.29 is 9.52 Å². The van der Waals surface area contributed by atoms with Crippen molar-refractivity contribution in [3.8, 4) is 0 Å². The van der Waals surface area contributed by atoms with Crippen LogP contribution in [0.2, 0.25) is 0 Å². The first kappa shape index (κ1) is 11.0. The van der Waals surface area contributed by atoms with E-state index in [-0.39, 0.29) is 12.1 Å². The van der Waals surface area contributed by atoms with E-state index in [4.69, 9.17) is 9.52 Å². The number of hydrogen-bond donors (Lipinski definition) is 2. The summed E-state index contributed by atoms with van der Waals surface area (Å²) in [6.07, 6.45) is 5.52. The maximum Gasteiger partial charge on any atom is 0.126 e. The molecule has 0 amide bonds. The molecule has 0 spiro atoms. The quantitative estimate of drug-likeness (QED) is 0.751. The summed E-state index contributed by atoms with van der Waals surface area (Å²) in [6, 6.07) is 3.75. The fourth-order valence-electron chi connectivity index (χ4n) is 0.952.